The van der Waals surface area contributed by atoms with Crippen LogP contribution in [0.2, 0.25) is 0 Å². The van der Waals surface area contributed by atoms with E-state index in [0.29, 0.717) is 18.7 Å². The predicted octanol–water partition coefficient (Wildman–Crippen LogP) is 1.60. The normalized spacial score (nSPS) is 13.5. The summed E-state index contributed by atoms with van der Waals surface area (Å²) in [5.41, 5.74) is 1.64. The maximum atomic E-state index is 11.5. The molecule has 0 atom stereocenters. The zero-order chi connectivity index (χ0) is 10.7. The van der Waals surface area contributed by atoms with Crippen molar-refractivity contribution >= 4 is 12.0 Å². The highest BCUT2D eigenvalue weighted by Crippen LogP contribution is 2.25. The van der Waals surface area contributed by atoms with Crippen LogP contribution in [0.25, 0.3) is 6.08 Å². The average molecular weight is 203 g/mol. The fourth-order valence-electron chi connectivity index (χ4n) is 1.52. The van der Waals surface area contributed by atoms with Gasteiger partial charge in [-0.1, -0.05) is 18.2 Å². The lowest BCUT2D eigenvalue weighted by Gasteiger charge is -2.16. The van der Waals surface area contributed by atoms with Crippen LogP contribution < -0.4 is 10.1 Å². The molecule has 0 saturated heterocycles. The topological polar surface area (TPSA) is 38.3 Å². The summed E-state index contributed by atoms with van der Waals surface area (Å²) in [6.45, 7) is 2.89. The number of carbonyl (C=O) groups is 1. The number of rotatable bonds is 2. The number of amides is 1. The Morgan fingerprint density at radius 3 is 3.07 bits per heavy atom. The molecule has 0 radical (unpaired) electrons. The van der Waals surface area contributed by atoms with Crippen molar-refractivity contribution in [2.75, 3.05) is 13.2 Å². The molecule has 0 aromatic heterocycles. The minimum Gasteiger partial charge on any atom is -0.488 e. The van der Waals surface area contributed by atoms with Crippen LogP contribution in [0, 0.1) is 0 Å². The summed E-state index contributed by atoms with van der Waals surface area (Å²) < 4.78 is 5.47. The van der Waals surface area contributed by atoms with Crippen molar-refractivity contribution in [3.05, 3.63) is 35.4 Å². The van der Waals surface area contributed by atoms with E-state index in [4.69, 9.17) is 4.74 Å². The SMILES string of the molecule is CCNC(=O)C1=Cc2ccccc2OC1. The minimum atomic E-state index is -0.0491. The Morgan fingerprint density at radius 1 is 1.47 bits per heavy atom. The molecule has 15 heavy (non-hydrogen) atoms. The highest BCUT2D eigenvalue weighted by atomic mass is 16.5. The number of hydrogen-bond acceptors (Lipinski definition) is 2. The molecule has 1 heterocycles. The Kier molecular flexibility index (Phi) is 2.72. The van der Waals surface area contributed by atoms with E-state index >= 15 is 0 Å². The first kappa shape index (κ1) is 9.77. The number of nitrogens with one attached hydrogen (secondary N) is 1. The monoisotopic (exact) mass is 203 g/mol. The van der Waals surface area contributed by atoms with Crippen LogP contribution in [-0.4, -0.2) is 19.1 Å². The molecule has 1 aliphatic heterocycles. The fraction of sp³-hybridized carbons (Fsp3) is 0.250. The number of carbonyl (C=O) groups excluding carboxylic acids is 1. The highest BCUT2D eigenvalue weighted by molar-refractivity contribution is 5.99. The van der Waals surface area contributed by atoms with E-state index in [1.807, 2.05) is 37.3 Å². The predicted molar refractivity (Wildman–Crippen MR) is 58.6 cm³/mol. The first-order chi connectivity index (χ1) is 7.31. The van der Waals surface area contributed by atoms with Gasteiger partial charge in [0.1, 0.15) is 12.4 Å². The second kappa shape index (κ2) is 4.17. The second-order valence-corrected chi connectivity index (χ2v) is 3.36. The van der Waals surface area contributed by atoms with E-state index in [-0.39, 0.29) is 5.91 Å². The van der Waals surface area contributed by atoms with Crippen LogP contribution in [0.5, 0.6) is 5.75 Å². The van der Waals surface area contributed by atoms with Crippen LogP contribution >= 0.6 is 0 Å². The van der Waals surface area contributed by atoms with E-state index in [0.717, 1.165) is 11.3 Å². The van der Waals surface area contributed by atoms with Gasteiger partial charge in [-0.05, 0) is 19.1 Å². The minimum absolute atomic E-state index is 0.0491. The van der Waals surface area contributed by atoms with E-state index in [1.165, 1.54) is 0 Å². The molecule has 2 rings (SSSR count). The molecule has 0 spiro atoms. The molecule has 0 aliphatic carbocycles. The Morgan fingerprint density at radius 2 is 2.27 bits per heavy atom. The first-order valence-electron chi connectivity index (χ1n) is 5.02. The number of likely N-dealkylation sites (N-methyl/N-ethyl adjacent to an activating group) is 1. The lowest BCUT2D eigenvalue weighted by molar-refractivity contribution is -0.117. The lowest BCUT2D eigenvalue weighted by atomic mass is 10.1. The molecular weight excluding hydrogens is 190 g/mol. The number of hydrogen-bond donors (Lipinski definition) is 1. The summed E-state index contributed by atoms with van der Waals surface area (Å²) in [5.74, 6) is 0.789. The third-order valence-electron chi connectivity index (χ3n) is 2.26. The first-order valence-corrected chi connectivity index (χ1v) is 5.02. The van der Waals surface area contributed by atoms with Crippen molar-refractivity contribution in [2.24, 2.45) is 0 Å². The quantitative estimate of drug-likeness (QED) is 0.792. The van der Waals surface area contributed by atoms with Crippen molar-refractivity contribution in [3.63, 3.8) is 0 Å². The highest BCUT2D eigenvalue weighted by Gasteiger charge is 2.15. The molecule has 1 aliphatic rings. The molecule has 1 aromatic carbocycles. The Balaban J connectivity index is 2.25. The molecule has 1 aromatic rings. The Bertz CT molecular complexity index is 410. The van der Waals surface area contributed by atoms with E-state index in [1.54, 1.807) is 0 Å². The van der Waals surface area contributed by atoms with Crippen LogP contribution in [0.3, 0.4) is 0 Å². The third-order valence-corrected chi connectivity index (χ3v) is 2.26. The van der Waals surface area contributed by atoms with Crippen molar-refractivity contribution in [1.29, 1.82) is 0 Å². The fourth-order valence-corrected chi connectivity index (χ4v) is 1.52. The zero-order valence-electron chi connectivity index (χ0n) is 8.62. The Hall–Kier alpha value is -1.77. The summed E-state index contributed by atoms with van der Waals surface area (Å²) in [5, 5.41) is 2.76. The van der Waals surface area contributed by atoms with Gasteiger partial charge in [-0.15, -0.1) is 0 Å². The summed E-state index contributed by atoms with van der Waals surface area (Å²) >= 11 is 0. The van der Waals surface area contributed by atoms with Gasteiger partial charge in [0.15, 0.2) is 0 Å². The van der Waals surface area contributed by atoms with Crippen LogP contribution in [0.1, 0.15) is 12.5 Å². The van der Waals surface area contributed by atoms with E-state index in [9.17, 15) is 4.79 Å². The van der Waals surface area contributed by atoms with Gasteiger partial charge in [0, 0.05) is 12.1 Å². The number of ether oxygens (including phenoxy) is 1. The number of fused-ring (bicyclic) bond motifs is 1. The summed E-state index contributed by atoms with van der Waals surface area (Å²) in [4.78, 5) is 11.5. The van der Waals surface area contributed by atoms with Gasteiger partial charge in [-0.25, -0.2) is 0 Å². The summed E-state index contributed by atoms with van der Waals surface area (Å²) in [6, 6.07) is 7.69. The van der Waals surface area contributed by atoms with Crippen LogP contribution in [-0.2, 0) is 4.79 Å². The number of benzene rings is 1. The number of para-hydroxylation sites is 1. The van der Waals surface area contributed by atoms with Gasteiger partial charge in [-0.3, -0.25) is 4.79 Å². The zero-order valence-corrected chi connectivity index (χ0v) is 8.62. The maximum Gasteiger partial charge on any atom is 0.250 e. The maximum absolute atomic E-state index is 11.5. The van der Waals surface area contributed by atoms with Gasteiger partial charge < -0.3 is 10.1 Å². The largest absolute Gasteiger partial charge is 0.488 e. The molecule has 3 nitrogen and oxygen atoms in total. The smallest absolute Gasteiger partial charge is 0.250 e. The molecule has 1 N–H and O–H groups in total. The van der Waals surface area contributed by atoms with E-state index < -0.39 is 0 Å². The molecule has 0 unspecified atom stereocenters. The molecule has 1 amide bonds. The lowest BCUT2D eigenvalue weighted by Crippen LogP contribution is -2.28. The van der Waals surface area contributed by atoms with Crippen molar-refractivity contribution < 1.29 is 9.53 Å². The molecule has 0 saturated carbocycles. The summed E-state index contributed by atoms with van der Waals surface area (Å²) in [7, 11) is 0. The standard InChI is InChI=1S/C12H13NO2/c1-2-13-12(14)10-7-9-5-3-4-6-11(9)15-8-10/h3-7H,2,8H2,1H3,(H,13,14). The van der Waals surface area contributed by atoms with Gasteiger partial charge in [0.2, 0.25) is 0 Å². The van der Waals surface area contributed by atoms with Gasteiger partial charge in [0.05, 0.1) is 5.57 Å². The van der Waals surface area contributed by atoms with Crippen molar-refractivity contribution in [2.45, 2.75) is 6.92 Å². The molecule has 3 heteroatoms. The van der Waals surface area contributed by atoms with Gasteiger partial charge in [0.25, 0.3) is 5.91 Å². The van der Waals surface area contributed by atoms with E-state index in [2.05, 4.69) is 5.32 Å². The Labute approximate surface area is 88.8 Å². The van der Waals surface area contributed by atoms with Gasteiger partial charge >= 0.3 is 0 Å². The molecule has 0 fully saturated rings. The molecule has 0 bridgehead atoms. The van der Waals surface area contributed by atoms with Crippen molar-refractivity contribution in [3.8, 4) is 5.75 Å². The average Bonchev–Trinajstić information content (AvgIpc) is 2.29. The van der Waals surface area contributed by atoms with Crippen molar-refractivity contribution in [1.82, 2.24) is 5.32 Å². The third kappa shape index (κ3) is 2.01. The van der Waals surface area contributed by atoms with Crippen LogP contribution in [0.15, 0.2) is 29.8 Å². The van der Waals surface area contributed by atoms with Gasteiger partial charge in [-0.2, -0.15) is 0 Å². The van der Waals surface area contributed by atoms with Crippen LogP contribution in [0.4, 0.5) is 0 Å². The summed E-state index contributed by atoms with van der Waals surface area (Å²) in [6.07, 6.45) is 1.88. The molecular formula is C12H13NO2. The molecule has 78 valence electrons. The second-order valence-electron chi connectivity index (χ2n) is 3.36.